The highest BCUT2D eigenvalue weighted by Gasteiger charge is 2.27. The van der Waals surface area contributed by atoms with E-state index in [0.717, 1.165) is 23.2 Å². The molecule has 1 aliphatic carbocycles. The summed E-state index contributed by atoms with van der Waals surface area (Å²) in [6.07, 6.45) is 3.49. The molecule has 0 aliphatic heterocycles. The van der Waals surface area contributed by atoms with Crippen LogP contribution in [0.5, 0.6) is 0 Å². The summed E-state index contributed by atoms with van der Waals surface area (Å²) in [4.78, 5) is 17.2. The van der Waals surface area contributed by atoms with Crippen LogP contribution in [-0.4, -0.2) is 36.1 Å². The lowest BCUT2D eigenvalue weighted by molar-refractivity contribution is -0.118. The number of nitrogens with zero attached hydrogens (tertiary/aromatic N) is 3. The van der Waals surface area contributed by atoms with Gasteiger partial charge in [0.25, 0.3) is 10.0 Å². The van der Waals surface area contributed by atoms with E-state index in [4.69, 9.17) is 0 Å². The lowest BCUT2D eigenvalue weighted by Gasteiger charge is -2.16. The van der Waals surface area contributed by atoms with Gasteiger partial charge in [-0.15, -0.1) is 0 Å². The third-order valence-corrected chi connectivity index (χ3v) is 7.42. The zero-order valence-corrected chi connectivity index (χ0v) is 21.2. The van der Waals surface area contributed by atoms with Crippen LogP contribution in [0.2, 0.25) is 0 Å². The number of hydrogen-bond acceptors (Lipinski definition) is 6. The topological polar surface area (TPSA) is 106 Å². The van der Waals surface area contributed by atoms with Crippen molar-refractivity contribution in [2.75, 3.05) is 7.05 Å². The normalized spacial score (nSPS) is 13.3. The third kappa shape index (κ3) is 5.13. The van der Waals surface area contributed by atoms with Crippen molar-refractivity contribution in [3.8, 4) is 11.1 Å². The van der Waals surface area contributed by atoms with Crippen LogP contribution < -0.4 is 10.0 Å². The summed E-state index contributed by atoms with van der Waals surface area (Å²) in [5.74, 6) is -0.984. The number of nitrogens with one attached hydrogen (secondary N) is 2. The van der Waals surface area contributed by atoms with E-state index in [9.17, 15) is 17.6 Å². The monoisotopic (exact) mass is 499 g/mol. The molecule has 1 amide bonds. The zero-order valence-electron chi connectivity index (χ0n) is 20.4. The number of halogens is 1. The van der Waals surface area contributed by atoms with Crippen LogP contribution >= 0.6 is 0 Å². The minimum Gasteiger partial charge on any atom is -0.314 e. The summed E-state index contributed by atoms with van der Waals surface area (Å²) in [7, 11) is -2.42. The number of hydrogen-bond donors (Lipinski definition) is 2. The average Bonchev–Trinajstić information content (AvgIpc) is 3.44. The summed E-state index contributed by atoms with van der Waals surface area (Å²) in [5.41, 5.74) is 4.84. The molecule has 2 heterocycles. The molecule has 10 heteroatoms. The molecule has 0 bridgehead atoms. The van der Waals surface area contributed by atoms with E-state index in [1.54, 1.807) is 24.0 Å². The van der Waals surface area contributed by atoms with Crippen molar-refractivity contribution in [3.63, 3.8) is 0 Å². The fourth-order valence-corrected chi connectivity index (χ4v) is 5.64. The van der Waals surface area contributed by atoms with Gasteiger partial charge in [-0.1, -0.05) is 0 Å². The number of rotatable bonds is 8. The first-order chi connectivity index (χ1) is 16.6. The Bertz CT molecular complexity index is 1380. The number of fused-ring (bicyclic) bond motifs is 1. The second-order valence-electron chi connectivity index (χ2n) is 9.13. The van der Waals surface area contributed by atoms with Gasteiger partial charge in [-0.25, -0.2) is 9.11 Å². The second kappa shape index (κ2) is 9.87. The SMILES string of the molecule is CNCc1cc(S(=O)(=O)NC(=O)Cc2c(-c3ccnc(C)c3)cc(F)c3c2CCC3)nn1C(C)C. The molecular formula is C25H30FN5O3S. The van der Waals surface area contributed by atoms with E-state index in [1.807, 2.05) is 26.8 Å². The number of pyridine rings is 1. The lowest BCUT2D eigenvalue weighted by Crippen LogP contribution is -2.32. The molecule has 8 nitrogen and oxygen atoms in total. The number of aryl methyl sites for hydroxylation is 1. The van der Waals surface area contributed by atoms with Gasteiger partial charge < -0.3 is 5.32 Å². The number of benzene rings is 1. The van der Waals surface area contributed by atoms with Crippen LogP contribution in [0.15, 0.2) is 35.5 Å². The first-order valence-corrected chi connectivity index (χ1v) is 13.1. The standard InChI is InChI=1S/C25H30FN5O3S/c1-15(2)31-18(14-27-4)11-25(29-31)35(33,34)30-24(32)13-22-19-6-5-7-20(19)23(26)12-21(22)17-8-9-28-16(3)10-17/h8-12,15,27H,5-7,13-14H2,1-4H3,(H,30,32). The zero-order chi connectivity index (χ0) is 25.3. The molecule has 2 N–H and O–H groups in total. The van der Waals surface area contributed by atoms with E-state index in [-0.39, 0.29) is 23.3 Å². The van der Waals surface area contributed by atoms with Gasteiger partial charge in [0.05, 0.1) is 12.1 Å². The maximum absolute atomic E-state index is 14.9. The van der Waals surface area contributed by atoms with Crippen LogP contribution in [0, 0.1) is 12.7 Å². The summed E-state index contributed by atoms with van der Waals surface area (Å²) in [5, 5.41) is 7.01. The molecule has 3 aromatic rings. The van der Waals surface area contributed by atoms with Crippen molar-refractivity contribution in [1.82, 2.24) is 24.8 Å². The largest absolute Gasteiger partial charge is 0.314 e. The molecule has 186 valence electrons. The first kappa shape index (κ1) is 25.0. The Labute approximate surface area is 205 Å². The molecule has 1 aliphatic rings. The second-order valence-corrected chi connectivity index (χ2v) is 10.8. The van der Waals surface area contributed by atoms with Gasteiger partial charge in [-0.3, -0.25) is 14.5 Å². The molecule has 0 saturated carbocycles. The Balaban J connectivity index is 1.67. The van der Waals surface area contributed by atoms with E-state index in [2.05, 4.69) is 20.1 Å². The molecule has 0 radical (unpaired) electrons. The Hall–Kier alpha value is -3.11. The van der Waals surface area contributed by atoms with Gasteiger partial charge in [-0.2, -0.15) is 13.5 Å². The number of sulfonamides is 1. The molecule has 1 aromatic carbocycles. The highest BCUT2D eigenvalue weighted by Crippen LogP contribution is 2.36. The fraction of sp³-hybridized carbons (Fsp3) is 0.400. The van der Waals surface area contributed by atoms with Crippen molar-refractivity contribution >= 4 is 15.9 Å². The van der Waals surface area contributed by atoms with Gasteiger partial charge in [-0.05, 0) is 93.1 Å². The smallest absolute Gasteiger partial charge is 0.283 e. The van der Waals surface area contributed by atoms with E-state index >= 15 is 0 Å². The predicted octanol–water partition coefficient (Wildman–Crippen LogP) is 3.23. The molecule has 2 aromatic heterocycles. The van der Waals surface area contributed by atoms with E-state index < -0.39 is 15.9 Å². The van der Waals surface area contributed by atoms with Crippen molar-refractivity contribution in [2.24, 2.45) is 0 Å². The first-order valence-electron chi connectivity index (χ1n) is 11.7. The van der Waals surface area contributed by atoms with Crippen LogP contribution in [0.1, 0.15) is 54.4 Å². The minimum atomic E-state index is -4.18. The Morgan fingerprint density at radius 2 is 1.94 bits per heavy atom. The highest BCUT2D eigenvalue weighted by molar-refractivity contribution is 7.90. The Morgan fingerprint density at radius 1 is 1.20 bits per heavy atom. The molecule has 0 fully saturated rings. The molecular weight excluding hydrogens is 469 g/mol. The molecule has 0 atom stereocenters. The summed E-state index contributed by atoms with van der Waals surface area (Å²) in [6, 6.07) is 6.46. The number of aromatic nitrogens is 3. The fourth-order valence-electron chi connectivity index (χ4n) is 4.67. The molecule has 0 spiro atoms. The van der Waals surface area contributed by atoms with Crippen LogP contribution in [0.3, 0.4) is 0 Å². The average molecular weight is 500 g/mol. The van der Waals surface area contributed by atoms with Gasteiger partial charge in [0.15, 0.2) is 5.03 Å². The molecule has 0 saturated heterocycles. The number of carbonyl (C=O) groups excluding carboxylic acids is 1. The van der Waals surface area contributed by atoms with Crippen molar-refractivity contribution in [3.05, 3.63) is 64.4 Å². The Kier molecular flexibility index (Phi) is 7.05. The summed E-state index contributed by atoms with van der Waals surface area (Å²) in [6.45, 7) is 6.08. The lowest BCUT2D eigenvalue weighted by atomic mass is 9.90. The number of carbonyl (C=O) groups is 1. The van der Waals surface area contributed by atoms with Gasteiger partial charge in [0.1, 0.15) is 5.82 Å². The third-order valence-electron chi connectivity index (χ3n) is 6.17. The van der Waals surface area contributed by atoms with E-state index in [1.165, 1.54) is 12.1 Å². The molecule has 35 heavy (non-hydrogen) atoms. The van der Waals surface area contributed by atoms with Gasteiger partial charge in [0.2, 0.25) is 5.91 Å². The predicted molar refractivity (Wildman–Crippen MR) is 131 cm³/mol. The van der Waals surface area contributed by atoms with Crippen LogP contribution in [-0.2, 0) is 40.6 Å². The summed E-state index contributed by atoms with van der Waals surface area (Å²) >= 11 is 0. The van der Waals surface area contributed by atoms with Crippen molar-refractivity contribution < 1.29 is 17.6 Å². The van der Waals surface area contributed by atoms with Crippen molar-refractivity contribution in [2.45, 2.75) is 64.1 Å². The van der Waals surface area contributed by atoms with Crippen LogP contribution in [0.4, 0.5) is 4.39 Å². The van der Waals surface area contributed by atoms with Gasteiger partial charge >= 0.3 is 0 Å². The quantitative estimate of drug-likeness (QED) is 0.493. The van der Waals surface area contributed by atoms with Crippen molar-refractivity contribution in [1.29, 1.82) is 0 Å². The maximum Gasteiger partial charge on any atom is 0.283 e. The maximum atomic E-state index is 14.9. The van der Waals surface area contributed by atoms with Gasteiger partial charge in [0, 0.05) is 30.5 Å². The molecule has 0 unspecified atom stereocenters. The highest BCUT2D eigenvalue weighted by atomic mass is 32.2. The number of amides is 1. The summed E-state index contributed by atoms with van der Waals surface area (Å²) < 4.78 is 44.7. The Morgan fingerprint density at radius 3 is 2.63 bits per heavy atom. The van der Waals surface area contributed by atoms with Crippen LogP contribution in [0.25, 0.3) is 11.1 Å². The molecule has 4 rings (SSSR count). The van der Waals surface area contributed by atoms with E-state index in [0.29, 0.717) is 41.8 Å². The minimum absolute atomic E-state index is 0.0498.